The number of rotatable bonds is 13. The van der Waals surface area contributed by atoms with Crippen molar-refractivity contribution < 1.29 is 33.5 Å². The minimum atomic E-state index is -1.13. The number of urea groups is 1. The van der Waals surface area contributed by atoms with Crippen molar-refractivity contribution in [3.8, 4) is 0 Å². The Labute approximate surface area is 248 Å². The van der Waals surface area contributed by atoms with Crippen molar-refractivity contribution in [2.75, 3.05) is 13.2 Å². The smallest absolute Gasteiger partial charge is 0.328 e. The normalized spacial score (nSPS) is 21.4. The lowest BCUT2D eigenvalue weighted by atomic mass is 9.85. The third-order valence-corrected chi connectivity index (χ3v) is 8.38. The maximum Gasteiger partial charge on any atom is 0.328 e. The number of nitrogens with two attached hydrogens (primary N) is 1. The fraction of sp³-hybridized carbons (Fsp3) is 0.800. The number of amides is 5. The fourth-order valence-corrected chi connectivity index (χ4v) is 5.81. The average molecular weight is 592 g/mol. The molecule has 4 atom stereocenters. The lowest BCUT2D eigenvalue weighted by molar-refractivity contribution is -0.147. The van der Waals surface area contributed by atoms with E-state index >= 15 is 0 Å². The van der Waals surface area contributed by atoms with Gasteiger partial charge in [-0.3, -0.25) is 19.2 Å². The molecule has 3 aliphatic rings. The number of Topliss-reactive ketones (excluding diaryl/α,β-unsaturated/α-hetero) is 1. The maximum absolute atomic E-state index is 13.9. The van der Waals surface area contributed by atoms with Gasteiger partial charge in [-0.25, -0.2) is 9.59 Å². The number of ether oxygens (including phenoxy) is 1. The predicted molar refractivity (Wildman–Crippen MR) is 155 cm³/mol. The van der Waals surface area contributed by atoms with Gasteiger partial charge in [0, 0.05) is 6.54 Å². The molecule has 5 amide bonds. The van der Waals surface area contributed by atoms with Crippen LogP contribution in [0.5, 0.6) is 0 Å². The molecule has 1 heterocycles. The number of nitrogens with zero attached hydrogens (tertiary/aromatic N) is 1. The summed E-state index contributed by atoms with van der Waals surface area (Å²) in [4.78, 5) is 78.7. The predicted octanol–water partition coefficient (Wildman–Crippen LogP) is 1.79. The van der Waals surface area contributed by atoms with E-state index in [2.05, 4.69) is 16.0 Å². The highest BCUT2D eigenvalue weighted by molar-refractivity contribution is 6.37. The van der Waals surface area contributed by atoms with E-state index in [-0.39, 0.29) is 18.3 Å². The molecular weight excluding hydrogens is 542 g/mol. The van der Waals surface area contributed by atoms with Crippen LogP contribution in [0.3, 0.4) is 0 Å². The van der Waals surface area contributed by atoms with Crippen molar-refractivity contribution >= 4 is 35.5 Å². The molecule has 5 N–H and O–H groups in total. The number of hydrogen-bond acceptors (Lipinski definition) is 7. The zero-order chi connectivity index (χ0) is 31.2. The molecule has 2 saturated carbocycles. The molecule has 1 saturated heterocycles. The summed E-state index contributed by atoms with van der Waals surface area (Å²) in [5, 5.41) is 8.21. The molecule has 0 bridgehead atoms. The molecule has 42 heavy (non-hydrogen) atoms. The second kappa shape index (κ2) is 14.3. The van der Waals surface area contributed by atoms with Crippen molar-refractivity contribution in [2.45, 2.75) is 117 Å². The molecule has 12 heteroatoms. The van der Waals surface area contributed by atoms with E-state index in [0.717, 1.165) is 38.5 Å². The second-order valence-corrected chi connectivity index (χ2v) is 13.6. The van der Waals surface area contributed by atoms with E-state index in [1.807, 2.05) is 34.6 Å². The van der Waals surface area contributed by atoms with Crippen LogP contribution >= 0.6 is 0 Å². The molecule has 1 aliphatic heterocycles. The van der Waals surface area contributed by atoms with E-state index in [1.54, 1.807) is 0 Å². The molecule has 3 rings (SSSR count). The van der Waals surface area contributed by atoms with Gasteiger partial charge < -0.3 is 31.3 Å². The maximum atomic E-state index is 13.9. The molecule has 12 nitrogen and oxygen atoms in total. The van der Waals surface area contributed by atoms with E-state index in [1.165, 1.54) is 4.90 Å². The minimum Gasteiger partial charge on any atom is -0.464 e. The van der Waals surface area contributed by atoms with Crippen LogP contribution in [0.15, 0.2) is 0 Å². The Bertz CT molecular complexity index is 1030. The summed E-state index contributed by atoms with van der Waals surface area (Å²) in [5.41, 5.74) is 4.47. The number of primary amides is 1. The SMILES string of the molecule is CC(C)CC(NC(=O)C1CCCN1C(=O)C(NC(=O)NC(C(=O)OCC1CC1)C1CCCC1)C(C)(C)C)C(=O)C(N)=O. The number of carbonyl (C=O) groups is 6. The minimum absolute atomic E-state index is 0.00643. The molecule has 0 aromatic heterocycles. The molecule has 4 unspecified atom stereocenters. The molecule has 2 aliphatic carbocycles. The second-order valence-electron chi connectivity index (χ2n) is 13.6. The summed E-state index contributed by atoms with van der Waals surface area (Å²) in [5.74, 6) is -3.06. The molecule has 3 fully saturated rings. The zero-order valence-electron chi connectivity index (χ0n) is 25.7. The summed E-state index contributed by atoms with van der Waals surface area (Å²) >= 11 is 0. The van der Waals surface area contributed by atoms with Gasteiger partial charge >= 0.3 is 12.0 Å². The van der Waals surface area contributed by atoms with Crippen LogP contribution in [0.1, 0.15) is 92.4 Å². The Hall–Kier alpha value is -3.18. The Morgan fingerprint density at radius 3 is 2.10 bits per heavy atom. The summed E-state index contributed by atoms with van der Waals surface area (Å²) in [6.45, 7) is 9.79. The van der Waals surface area contributed by atoms with E-state index < -0.39 is 65.1 Å². The molecule has 0 aromatic carbocycles. The number of nitrogens with one attached hydrogen (secondary N) is 3. The van der Waals surface area contributed by atoms with Crippen LogP contribution in [0, 0.1) is 23.2 Å². The van der Waals surface area contributed by atoms with Crippen molar-refractivity contribution in [3.63, 3.8) is 0 Å². The molecule has 0 spiro atoms. The third kappa shape index (κ3) is 9.16. The van der Waals surface area contributed by atoms with Crippen LogP contribution in [0.2, 0.25) is 0 Å². The fourth-order valence-electron chi connectivity index (χ4n) is 5.81. The first-order valence-corrected chi connectivity index (χ1v) is 15.4. The summed E-state index contributed by atoms with van der Waals surface area (Å²) in [6, 6.07) is -4.40. The zero-order valence-corrected chi connectivity index (χ0v) is 25.7. The number of hydrogen-bond donors (Lipinski definition) is 4. The van der Waals surface area contributed by atoms with Gasteiger partial charge in [-0.1, -0.05) is 47.5 Å². The lowest BCUT2D eigenvalue weighted by Crippen LogP contribution is -2.61. The van der Waals surface area contributed by atoms with Crippen molar-refractivity contribution in [3.05, 3.63) is 0 Å². The number of carbonyl (C=O) groups excluding carboxylic acids is 6. The summed E-state index contributed by atoms with van der Waals surface area (Å²) in [7, 11) is 0. The highest BCUT2D eigenvalue weighted by Gasteiger charge is 2.43. The standard InChI is InChI=1S/C30H49N5O7/c1-17(2)15-20(23(36)25(31)37)32-26(38)21-11-8-14-35(21)27(39)24(30(3,4)5)34-29(41)33-22(19-9-6-7-10-19)28(40)42-16-18-12-13-18/h17-22,24H,6-16H2,1-5H3,(H2,31,37)(H,32,38)(H2,33,34,41). The van der Waals surface area contributed by atoms with Gasteiger partial charge in [-0.15, -0.1) is 0 Å². The number of likely N-dealkylation sites (tertiary alicyclic amines) is 1. The molecular formula is C30H49N5O7. The van der Waals surface area contributed by atoms with E-state index in [9.17, 15) is 28.8 Å². The highest BCUT2D eigenvalue weighted by Crippen LogP contribution is 2.31. The Morgan fingerprint density at radius 2 is 1.55 bits per heavy atom. The average Bonchev–Trinajstić information content (AvgIpc) is 3.35. The van der Waals surface area contributed by atoms with Crippen molar-refractivity contribution in [1.82, 2.24) is 20.9 Å². The summed E-state index contributed by atoms with van der Waals surface area (Å²) in [6.07, 6.45) is 6.82. The van der Waals surface area contributed by atoms with Crippen molar-refractivity contribution in [2.24, 2.45) is 28.9 Å². The summed E-state index contributed by atoms with van der Waals surface area (Å²) < 4.78 is 5.52. The van der Waals surface area contributed by atoms with Crippen LogP contribution in [0.4, 0.5) is 4.79 Å². The Morgan fingerprint density at radius 1 is 0.905 bits per heavy atom. The number of ketones is 1. The van der Waals surface area contributed by atoms with E-state index in [0.29, 0.717) is 31.9 Å². The third-order valence-electron chi connectivity index (χ3n) is 8.38. The monoisotopic (exact) mass is 591 g/mol. The first-order valence-electron chi connectivity index (χ1n) is 15.4. The Kier molecular flexibility index (Phi) is 11.4. The van der Waals surface area contributed by atoms with Crippen LogP contribution in [0.25, 0.3) is 0 Å². The first-order chi connectivity index (χ1) is 19.7. The van der Waals surface area contributed by atoms with Gasteiger partial charge in [0.1, 0.15) is 18.1 Å². The highest BCUT2D eigenvalue weighted by atomic mass is 16.5. The van der Waals surface area contributed by atoms with Gasteiger partial charge in [0.2, 0.25) is 17.6 Å². The molecule has 236 valence electrons. The van der Waals surface area contributed by atoms with Gasteiger partial charge in [0.05, 0.1) is 12.6 Å². The molecule has 0 aromatic rings. The Balaban J connectivity index is 1.70. The van der Waals surface area contributed by atoms with Gasteiger partial charge in [-0.2, -0.15) is 0 Å². The van der Waals surface area contributed by atoms with Crippen LogP contribution in [-0.2, 0) is 28.7 Å². The quantitative estimate of drug-likeness (QED) is 0.186. The lowest BCUT2D eigenvalue weighted by Gasteiger charge is -2.36. The van der Waals surface area contributed by atoms with E-state index in [4.69, 9.17) is 10.5 Å². The first kappa shape index (κ1) is 33.3. The van der Waals surface area contributed by atoms with Gasteiger partial charge in [0.25, 0.3) is 5.91 Å². The molecule has 0 radical (unpaired) electrons. The van der Waals surface area contributed by atoms with Crippen LogP contribution in [-0.4, -0.2) is 77.7 Å². The number of esters is 1. The topological polar surface area (TPSA) is 177 Å². The van der Waals surface area contributed by atoms with Gasteiger partial charge in [-0.05, 0) is 68.1 Å². The largest absolute Gasteiger partial charge is 0.464 e. The van der Waals surface area contributed by atoms with Gasteiger partial charge in [0.15, 0.2) is 0 Å². The van der Waals surface area contributed by atoms with Crippen LogP contribution < -0.4 is 21.7 Å². The van der Waals surface area contributed by atoms with Crippen molar-refractivity contribution in [1.29, 1.82) is 0 Å².